The van der Waals surface area contributed by atoms with Gasteiger partial charge in [0, 0.05) is 13.1 Å². The standard InChI is InChI=1S/C17H28N2O.ClH/c1-5-17(6-2,12-18)16(20)19-11-10-15-13(3)8-7-9-14(15)4;/h7-9H,5-6,10-12,18H2,1-4H3,(H,19,20);1H. The van der Waals surface area contributed by atoms with Crippen molar-refractivity contribution in [3.05, 3.63) is 34.9 Å². The molecule has 3 N–H and O–H groups in total. The van der Waals surface area contributed by atoms with Crippen molar-refractivity contribution in [3.8, 4) is 0 Å². The van der Waals surface area contributed by atoms with Crippen LogP contribution in [-0.4, -0.2) is 19.0 Å². The lowest BCUT2D eigenvalue weighted by Crippen LogP contribution is -2.45. The summed E-state index contributed by atoms with van der Waals surface area (Å²) in [6, 6.07) is 6.30. The Morgan fingerprint density at radius 3 is 2.14 bits per heavy atom. The van der Waals surface area contributed by atoms with Crippen molar-refractivity contribution in [1.29, 1.82) is 0 Å². The van der Waals surface area contributed by atoms with E-state index < -0.39 is 5.41 Å². The molecule has 1 aromatic carbocycles. The van der Waals surface area contributed by atoms with Crippen molar-refractivity contribution < 1.29 is 4.79 Å². The van der Waals surface area contributed by atoms with Gasteiger partial charge in [-0.1, -0.05) is 32.0 Å². The van der Waals surface area contributed by atoms with Crippen LogP contribution in [0, 0.1) is 19.3 Å². The first-order valence-corrected chi connectivity index (χ1v) is 7.54. The number of halogens is 1. The largest absolute Gasteiger partial charge is 0.355 e. The van der Waals surface area contributed by atoms with E-state index in [1.54, 1.807) is 0 Å². The van der Waals surface area contributed by atoms with Gasteiger partial charge < -0.3 is 11.1 Å². The predicted molar refractivity (Wildman–Crippen MR) is 91.9 cm³/mol. The molecule has 4 heteroatoms. The van der Waals surface area contributed by atoms with Gasteiger partial charge in [0.15, 0.2) is 0 Å². The van der Waals surface area contributed by atoms with Crippen LogP contribution in [0.1, 0.15) is 43.4 Å². The first-order valence-electron chi connectivity index (χ1n) is 7.54. The molecular weight excluding hydrogens is 284 g/mol. The van der Waals surface area contributed by atoms with E-state index in [-0.39, 0.29) is 18.3 Å². The Bertz CT molecular complexity index is 428. The highest BCUT2D eigenvalue weighted by molar-refractivity contribution is 5.85. The quantitative estimate of drug-likeness (QED) is 0.812. The molecule has 0 aromatic heterocycles. The van der Waals surface area contributed by atoms with Gasteiger partial charge in [-0.2, -0.15) is 0 Å². The molecule has 1 rings (SSSR count). The van der Waals surface area contributed by atoms with E-state index in [0.29, 0.717) is 13.1 Å². The molecule has 0 saturated carbocycles. The van der Waals surface area contributed by atoms with Crippen LogP contribution in [0.25, 0.3) is 0 Å². The van der Waals surface area contributed by atoms with Crippen LogP contribution < -0.4 is 11.1 Å². The number of rotatable bonds is 7. The van der Waals surface area contributed by atoms with E-state index in [1.807, 2.05) is 13.8 Å². The van der Waals surface area contributed by atoms with Crippen LogP contribution in [0.4, 0.5) is 0 Å². The first-order chi connectivity index (χ1) is 9.50. The SMILES string of the molecule is CCC(CC)(CN)C(=O)NCCc1c(C)cccc1C.Cl. The third-order valence-electron chi connectivity index (χ3n) is 4.53. The van der Waals surface area contributed by atoms with E-state index in [2.05, 4.69) is 37.4 Å². The summed E-state index contributed by atoms with van der Waals surface area (Å²) in [5, 5.41) is 3.06. The highest BCUT2D eigenvalue weighted by Crippen LogP contribution is 2.25. The molecule has 3 nitrogen and oxygen atoms in total. The third-order valence-corrected chi connectivity index (χ3v) is 4.53. The average Bonchev–Trinajstić information content (AvgIpc) is 2.44. The Balaban J connectivity index is 0.00000400. The predicted octanol–water partition coefficient (Wildman–Crippen LogP) is 3.15. The van der Waals surface area contributed by atoms with Gasteiger partial charge in [-0.15, -0.1) is 12.4 Å². The van der Waals surface area contributed by atoms with Crippen LogP contribution >= 0.6 is 12.4 Å². The summed E-state index contributed by atoms with van der Waals surface area (Å²) in [6.07, 6.45) is 2.45. The first kappa shape index (κ1) is 19.9. The van der Waals surface area contributed by atoms with Crippen molar-refractivity contribution in [2.45, 2.75) is 47.0 Å². The lowest BCUT2D eigenvalue weighted by molar-refractivity contribution is -0.131. The Kier molecular flexibility index (Phi) is 8.60. The fourth-order valence-electron chi connectivity index (χ4n) is 2.68. The van der Waals surface area contributed by atoms with Crippen LogP contribution in [0.3, 0.4) is 0 Å². The zero-order chi connectivity index (χ0) is 15.2. The molecule has 21 heavy (non-hydrogen) atoms. The molecule has 0 aliphatic heterocycles. The van der Waals surface area contributed by atoms with Gasteiger partial charge >= 0.3 is 0 Å². The number of hydrogen-bond acceptors (Lipinski definition) is 2. The number of carbonyl (C=O) groups excluding carboxylic acids is 1. The van der Waals surface area contributed by atoms with Crippen LogP contribution in [0.15, 0.2) is 18.2 Å². The van der Waals surface area contributed by atoms with Crippen LogP contribution in [0.5, 0.6) is 0 Å². The Morgan fingerprint density at radius 1 is 1.19 bits per heavy atom. The number of amides is 1. The number of aryl methyl sites for hydroxylation is 2. The maximum atomic E-state index is 12.3. The van der Waals surface area contributed by atoms with Gasteiger partial charge in [-0.3, -0.25) is 4.79 Å². The fourth-order valence-corrected chi connectivity index (χ4v) is 2.68. The minimum atomic E-state index is -0.402. The van der Waals surface area contributed by atoms with Crippen LogP contribution in [-0.2, 0) is 11.2 Å². The maximum absolute atomic E-state index is 12.3. The van der Waals surface area contributed by atoms with Gasteiger partial charge in [0.2, 0.25) is 5.91 Å². The number of benzene rings is 1. The summed E-state index contributed by atoms with van der Waals surface area (Å²) in [6.45, 7) is 9.38. The minimum Gasteiger partial charge on any atom is -0.355 e. The lowest BCUT2D eigenvalue weighted by Gasteiger charge is -2.28. The van der Waals surface area contributed by atoms with Gasteiger partial charge in [0.05, 0.1) is 5.41 Å². The Hall–Kier alpha value is -1.06. The van der Waals surface area contributed by atoms with Crippen LogP contribution in [0.2, 0.25) is 0 Å². The van der Waals surface area contributed by atoms with E-state index in [4.69, 9.17) is 5.73 Å². The summed E-state index contributed by atoms with van der Waals surface area (Å²) in [5.74, 6) is 0.0937. The second-order valence-electron chi connectivity index (χ2n) is 5.57. The van der Waals surface area contributed by atoms with Gasteiger partial charge in [0.1, 0.15) is 0 Å². The van der Waals surface area contributed by atoms with Crippen molar-refractivity contribution in [3.63, 3.8) is 0 Å². The molecule has 1 aromatic rings. The smallest absolute Gasteiger partial charge is 0.227 e. The number of nitrogens with two attached hydrogens (primary N) is 1. The molecule has 120 valence electrons. The summed E-state index contributed by atoms with van der Waals surface area (Å²) >= 11 is 0. The normalized spacial score (nSPS) is 10.9. The monoisotopic (exact) mass is 312 g/mol. The second kappa shape index (κ2) is 9.06. The van der Waals surface area contributed by atoms with Gasteiger partial charge in [-0.25, -0.2) is 0 Å². The minimum absolute atomic E-state index is 0. The van der Waals surface area contributed by atoms with E-state index >= 15 is 0 Å². The Labute approximate surface area is 135 Å². The average molecular weight is 313 g/mol. The number of nitrogens with one attached hydrogen (secondary N) is 1. The molecule has 0 unspecified atom stereocenters. The number of hydrogen-bond donors (Lipinski definition) is 2. The highest BCUT2D eigenvalue weighted by Gasteiger charge is 2.32. The zero-order valence-corrected chi connectivity index (χ0v) is 14.5. The molecule has 0 spiro atoms. The summed E-state index contributed by atoms with van der Waals surface area (Å²) in [7, 11) is 0. The molecule has 0 radical (unpaired) electrons. The molecule has 0 saturated heterocycles. The van der Waals surface area contributed by atoms with Crippen molar-refractivity contribution in [2.24, 2.45) is 11.1 Å². The van der Waals surface area contributed by atoms with E-state index in [1.165, 1.54) is 16.7 Å². The van der Waals surface area contributed by atoms with Gasteiger partial charge in [-0.05, 0) is 49.8 Å². The summed E-state index contributed by atoms with van der Waals surface area (Å²) in [4.78, 5) is 12.3. The highest BCUT2D eigenvalue weighted by atomic mass is 35.5. The Morgan fingerprint density at radius 2 is 1.71 bits per heavy atom. The maximum Gasteiger partial charge on any atom is 0.227 e. The summed E-state index contributed by atoms with van der Waals surface area (Å²) < 4.78 is 0. The van der Waals surface area contributed by atoms with Crippen molar-refractivity contribution in [2.75, 3.05) is 13.1 Å². The molecule has 0 bridgehead atoms. The zero-order valence-electron chi connectivity index (χ0n) is 13.7. The topological polar surface area (TPSA) is 55.1 Å². The molecule has 0 fully saturated rings. The van der Waals surface area contributed by atoms with Crippen molar-refractivity contribution in [1.82, 2.24) is 5.32 Å². The molecule has 0 aliphatic carbocycles. The van der Waals surface area contributed by atoms with Gasteiger partial charge in [0.25, 0.3) is 0 Å². The second-order valence-corrected chi connectivity index (χ2v) is 5.57. The molecule has 0 aliphatic rings. The van der Waals surface area contributed by atoms with E-state index in [0.717, 1.165) is 19.3 Å². The number of carbonyl (C=O) groups is 1. The summed E-state index contributed by atoms with van der Waals surface area (Å²) in [5.41, 5.74) is 9.31. The molecule has 0 atom stereocenters. The third kappa shape index (κ3) is 4.72. The van der Waals surface area contributed by atoms with Crippen molar-refractivity contribution >= 4 is 18.3 Å². The lowest BCUT2D eigenvalue weighted by atomic mass is 9.81. The van der Waals surface area contributed by atoms with E-state index in [9.17, 15) is 4.79 Å². The molecule has 1 amide bonds. The molecule has 0 heterocycles. The fraction of sp³-hybridized carbons (Fsp3) is 0.588. The molecular formula is C17H29ClN2O.